The molecule has 1 aromatic rings. The molecule has 0 atom stereocenters. The minimum Gasteiger partial charge on any atom is -0.479 e. The fourth-order valence-electron chi connectivity index (χ4n) is 1.17. The van der Waals surface area contributed by atoms with Crippen molar-refractivity contribution in [2.45, 2.75) is 26.4 Å². The molecule has 0 saturated carbocycles. The quantitative estimate of drug-likeness (QED) is 0.796. The van der Waals surface area contributed by atoms with Crippen LogP contribution in [-0.2, 0) is 4.74 Å². The van der Waals surface area contributed by atoms with Crippen molar-refractivity contribution in [2.75, 3.05) is 26.1 Å². The second-order valence-electron chi connectivity index (χ2n) is 4.56. The van der Waals surface area contributed by atoms with Crippen LogP contribution in [0, 0.1) is 0 Å². The molecule has 1 rings (SSSR count). The number of methoxy groups -OCH3 is 1. The Balaban J connectivity index is 2.42. The molecule has 0 fully saturated rings. The third-order valence-electron chi connectivity index (χ3n) is 1.93. The highest BCUT2D eigenvalue weighted by Gasteiger charge is 2.09. The fourth-order valence-corrected chi connectivity index (χ4v) is 1.17. The first-order valence-corrected chi connectivity index (χ1v) is 5.49. The van der Waals surface area contributed by atoms with Crippen molar-refractivity contribution in [2.24, 2.45) is 0 Å². The number of pyridine rings is 1. The lowest BCUT2D eigenvalue weighted by Gasteiger charge is -2.19. The summed E-state index contributed by atoms with van der Waals surface area (Å²) in [5.74, 6) is 0.854. The van der Waals surface area contributed by atoms with Gasteiger partial charge in [-0.3, -0.25) is 0 Å². The summed E-state index contributed by atoms with van der Waals surface area (Å²) in [5.41, 5.74) is 5.98. The van der Waals surface area contributed by atoms with E-state index < -0.39 is 0 Å². The van der Waals surface area contributed by atoms with Gasteiger partial charge in [-0.1, -0.05) is 0 Å². The molecule has 0 amide bonds. The summed E-state index contributed by atoms with van der Waals surface area (Å²) in [4.78, 5) is 4.10. The molecule has 96 valence electrons. The van der Waals surface area contributed by atoms with Crippen LogP contribution in [-0.4, -0.2) is 30.9 Å². The predicted octanol–water partition coefficient (Wildman–Crippen LogP) is 1.87. The number of ether oxygens (including phenoxy) is 3. The van der Waals surface area contributed by atoms with Crippen molar-refractivity contribution in [3.8, 4) is 11.8 Å². The van der Waals surface area contributed by atoms with E-state index in [2.05, 4.69) is 4.98 Å². The number of rotatable bonds is 5. The van der Waals surface area contributed by atoms with Gasteiger partial charge in [-0.25, -0.2) is 0 Å². The van der Waals surface area contributed by atoms with E-state index in [0.29, 0.717) is 30.7 Å². The summed E-state index contributed by atoms with van der Waals surface area (Å²) in [5, 5.41) is 0. The van der Waals surface area contributed by atoms with Crippen LogP contribution in [0.25, 0.3) is 0 Å². The third kappa shape index (κ3) is 4.91. The molecule has 0 aliphatic rings. The van der Waals surface area contributed by atoms with Gasteiger partial charge in [-0.05, 0) is 26.8 Å². The average molecular weight is 240 g/mol. The molecule has 0 unspecified atom stereocenters. The van der Waals surface area contributed by atoms with Crippen LogP contribution in [0.1, 0.15) is 20.8 Å². The maximum absolute atomic E-state index is 5.64. The van der Waals surface area contributed by atoms with Crippen molar-refractivity contribution in [3.63, 3.8) is 0 Å². The van der Waals surface area contributed by atoms with Crippen LogP contribution in [0.3, 0.4) is 0 Å². The molecule has 0 radical (unpaired) electrons. The van der Waals surface area contributed by atoms with Crippen LogP contribution < -0.4 is 15.2 Å². The standard InChI is InChI=1S/C12H20N2O3/c1-12(2,3)17-8-7-16-10-6-5-9(13)11(14-10)15-4/h5-6H,7-8,13H2,1-4H3. The third-order valence-corrected chi connectivity index (χ3v) is 1.93. The number of anilines is 1. The first-order chi connectivity index (χ1) is 7.92. The number of hydrogen-bond acceptors (Lipinski definition) is 5. The van der Waals surface area contributed by atoms with Gasteiger partial charge in [0, 0.05) is 6.07 Å². The summed E-state index contributed by atoms with van der Waals surface area (Å²) >= 11 is 0. The molecule has 17 heavy (non-hydrogen) atoms. The first-order valence-electron chi connectivity index (χ1n) is 5.49. The Bertz CT molecular complexity index is 361. The number of nitrogens with zero attached hydrogens (tertiary/aromatic N) is 1. The van der Waals surface area contributed by atoms with Gasteiger partial charge in [-0.15, -0.1) is 0 Å². The van der Waals surface area contributed by atoms with Crippen LogP contribution in [0.2, 0.25) is 0 Å². The monoisotopic (exact) mass is 240 g/mol. The van der Waals surface area contributed by atoms with Gasteiger partial charge in [0.15, 0.2) is 0 Å². The molecule has 2 N–H and O–H groups in total. The van der Waals surface area contributed by atoms with Crippen molar-refractivity contribution in [1.82, 2.24) is 4.98 Å². The SMILES string of the molecule is COc1nc(OCCOC(C)(C)C)ccc1N. The lowest BCUT2D eigenvalue weighted by atomic mass is 10.2. The van der Waals surface area contributed by atoms with E-state index in [9.17, 15) is 0 Å². The highest BCUT2D eigenvalue weighted by molar-refractivity contribution is 5.49. The van der Waals surface area contributed by atoms with E-state index in [1.165, 1.54) is 7.11 Å². The predicted molar refractivity (Wildman–Crippen MR) is 66.4 cm³/mol. The summed E-state index contributed by atoms with van der Waals surface area (Å²) < 4.78 is 15.9. The lowest BCUT2D eigenvalue weighted by molar-refractivity contribution is -0.0168. The molecule has 5 nitrogen and oxygen atoms in total. The molecule has 5 heteroatoms. The maximum Gasteiger partial charge on any atom is 0.240 e. The number of hydrogen-bond donors (Lipinski definition) is 1. The van der Waals surface area contributed by atoms with Gasteiger partial charge in [0.05, 0.1) is 25.0 Å². The molecule has 1 heterocycles. The minimum absolute atomic E-state index is 0.157. The van der Waals surface area contributed by atoms with E-state index in [4.69, 9.17) is 19.9 Å². The minimum atomic E-state index is -0.157. The number of aromatic nitrogens is 1. The zero-order chi connectivity index (χ0) is 12.9. The van der Waals surface area contributed by atoms with Crippen LogP contribution in [0.15, 0.2) is 12.1 Å². The van der Waals surface area contributed by atoms with E-state index in [-0.39, 0.29) is 5.60 Å². The summed E-state index contributed by atoms with van der Waals surface area (Å²) in [6.07, 6.45) is 0. The largest absolute Gasteiger partial charge is 0.479 e. The molecule has 0 bridgehead atoms. The molecular formula is C12H20N2O3. The lowest BCUT2D eigenvalue weighted by Crippen LogP contribution is -2.22. The van der Waals surface area contributed by atoms with Crippen molar-refractivity contribution >= 4 is 5.69 Å². The average Bonchev–Trinajstić information content (AvgIpc) is 2.25. The van der Waals surface area contributed by atoms with Gasteiger partial charge in [0.25, 0.3) is 0 Å². The van der Waals surface area contributed by atoms with Gasteiger partial charge in [0.1, 0.15) is 6.61 Å². The summed E-state index contributed by atoms with van der Waals surface area (Å²) in [6, 6.07) is 3.40. The Hall–Kier alpha value is -1.49. The van der Waals surface area contributed by atoms with E-state index in [1.54, 1.807) is 12.1 Å². The van der Waals surface area contributed by atoms with Crippen LogP contribution in [0.4, 0.5) is 5.69 Å². The fraction of sp³-hybridized carbons (Fsp3) is 0.583. The van der Waals surface area contributed by atoms with E-state index in [1.807, 2.05) is 20.8 Å². The summed E-state index contributed by atoms with van der Waals surface area (Å²) in [7, 11) is 1.52. The normalized spacial score (nSPS) is 11.3. The van der Waals surface area contributed by atoms with Gasteiger partial charge in [-0.2, -0.15) is 4.98 Å². The van der Waals surface area contributed by atoms with Crippen molar-refractivity contribution in [1.29, 1.82) is 0 Å². The molecule has 0 aromatic carbocycles. The molecule has 0 aliphatic heterocycles. The Morgan fingerprint density at radius 3 is 2.53 bits per heavy atom. The second kappa shape index (κ2) is 5.72. The van der Waals surface area contributed by atoms with Gasteiger partial charge >= 0.3 is 0 Å². The highest BCUT2D eigenvalue weighted by atomic mass is 16.5. The van der Waals surface area contributed by atoms with Gasteiger partial charge < -0.3 is 19.9 Å². The Kier molecular flexibility index (Phi) is 4.57. The Labute approximate surface area is 102 Å². The molecule has 0 aliphatic carbocycles. The van der Waals surface area contributed by atoms with Crippen LogP contribution in [0.5, 0.6) is 11.8 Å². The number of nitrogens with two attached hydrogens (primary N) is 1. The smallest absolute Gasteiger partial charge is 0.240 e. The van der Waals surface area contributed by atoms with Gasteiger partial charge in [0.2, 0.25) is 11.8 Å². The number of nitrogen functional groups attached to an aromatic ring is 1. The van der Waals surface area contributed by atoms with Crippen molar-refractivity contribution in [3.05, 3.63) is 12.1 Å². The first kappa shape index (κ1) is 13.6. The molecular weight excluding hydrogens is 220 g/mol. The topological polar surface area (TPSA) is 66.6 Å². The summed E-state index contributed by atoms with van der Waals surface area (Å²) in [6.45, 7) is 6.95. The Morgan fingerprint density at radius 2 is 1.94 bits per heavy atom. The zero-order valence-electron chi connectivity index (χ0n) is 10.8. The molecule has 1 aromatic heterocycles. The van der Waals surface area contributed by atoms with E-state index >= 15 is 0 Å². The van der Waals surface area contributed by atoms with Crippen molar-refractivity contribution < 1.29 is 14.2 Å². The maximum atomic E-state index is 5.64. The highest BCUT2D eigenvalue weighted by Crippen LogP contribution is 2.21. The Morgan fingerprint density at radius 1 is 1.24 bits per heavy atom. The second-order valence-corrected chi connectivity index (χ2v) is 4.56. The van der Waals surface area contributed by atoms with E-state index in [0.717, 1.165) is 0 Å². The molecule has 0 spiro atoms. The molecule has 0 saturated heterocycles. The zero-order valence-corrected chi connectivity index (χ0v) is 10.8. The van der Waals surface area contributed by atoms with Crippen LogP contribution >= 0.6 is 0 Å².